The number of ether oxygens (including phenoxy) is 3. The number of hydrogen-bond acceptors (Lipinski definition) is 7. The van der Waals surface area contributed by atoms with E-state index in [0.717, 1.165) is 10.4 Å². The van der Waals surface area contributed by atoms with Crippen molar-refractivity contribution in [2.75, 3.05) is 13.7 Å². The quantitative estimate of drug-likeness (QED) is 0.368. The highest BCUT2D eigenvalue weighted by molar-refractivity contribution is 7.14. The zero-order valence-corrected chi connectivity index (χ0v) is 18.6. The number of rotatable bonds is 10. The lowest BCUT2D eigenvalue weighted by Gasteiger charge is -2.12. The average molecular weight is 454 g/mol. The first-order valence-electron chi connectivity index (χ1n) is 9.84. The Morgan fingerprint density at radius 3 is 2.47 bits per heavy atom. The van der Waals surface area contributed by atoms with Gasteiger partial charge in [-0.05, 0) is 35.9 Å². The predicted octanol–water partition coefficient (Wildman–Crippen LogP) is 4.01. The minimum absolute atomic E-state index is 0.146. The smallest absolute Gasteiger partial charge is 0.338 e. The van der Waals surface area contributed by atoms with Gasteiger partial charge in [0, 0.05) is 11.8 Å². The van der Waals surface area contributed by atoms with Crippen molar-refractivity contribution in [3.63, 3.8) is 0 Å². The van der Waals surface area contributed by atoms with E-state index in [1.54, 1.807) is 24.3 Å². The fourth-order valence-corrected chi connectivity index (χ4v) is 3.64. The normalized spacial score (nSPS) is 10.3. The third-order valence-electron chi connectivity index (χ3n) is 4.42. The van der Waals surface area contributed by atoms with E-state index in [1.165, 1.54) is 31.4 Å². The third kappa shape index (κ3) is 6.42. The summed E-state index contributed by atoms with van der Waals surface area (Å²) in [5, 5.41) is 2.67. The van der Waals surface area contributed by atoms with Crippen LogP contribution in [0, 0.1) is 0 Å². The average Bonchev–Trinajstić information content (AvgIpc) is 3.29. The number of thiophene rings is 1. The topological polar surface area (TPSA) is 90.9 Å². The molecule has 1 amide bonds. The van der Waals surface area contributed by atoms with Gasteiger partial charge in [-0.15, -0.1) is 11.3 Å². The highest BCUT2D eigenvalue weighted by Gasteiger charge is 2.16. The van der Waals surface area contributed by atoms with Gasteiger partial charge in [-0.1, -0.05) is 30.3 Å². The molecule has 1 aromatic heterocycles. The van der Waals surface area contributed by atoms with Gasteiger partial charge in [-0.2, -0.15) is 0 Å². The van der Waals surface area contributed by atoms with Crippen LogP contribution < -0.4 is 14.8 Å². The molecule has 0 unspecified atom stereocenters. The van der Waals surface area contributed by atoms with Crippen molar-refractivity contribution in [2.24, 2.45) is 0 Å². The van der Waals surface area contributed by atoms with Gasteiger partial charge in [-0.3, -0.25) is 9.59 Å². The van der Waals surface area contributed by atoms with E-state index in [0.29, 0.717) is 29.5 Å². The third-order valence-corrected chi connectivity index (χ3v) is 5.55. The largest absolute Gasteiger partial charge is 0.493 e. The molecule has 8 heteroatoms. The maximum Gasteiger partial charge on any atom is 0.338 e. The lowest BCUT2D eigenvalue weighted by Crippen LogP contribution is -2.18. The fraction of sp³-hybridized carbons (Fsp3) is 0.208. The lowest BCUT2D eigenvalue weighted by atomic mass is 10.2. The van der Waals surface area contributed by atoms with E-state index in [2.05, 4.69) is 5.32 Å². The number of hydrogen-bond donors (Lipinski definition) is 1. The second-order valence-electron chi connectivity index (χ2n) is 6.81. The molecule has 0 bridgehead atoms. The Kier molecular flexibility index (Phi) is 7.99. The second-order valence-corrected chi connectivity index (χ2v) is 7.98. The fourth-order valence-electron chi connectivity index (χ4n) is 2.77. The zero-order valence-electron chi connectivity index (χ0n) is 17.8. The van der Waals surface area contributed by atoms with Gasteiger partial charge in [-0.25, -0.2) is 4.79 Å². The maximum atomic E-state index is 12.4. The summed E-state index contributed by atoms with van der Waals surface area (Å²) in [5.74, 6) is -0.211. The predicted molar refractivity (Wildman–Crippen MR) is 120 cm³/mol. The molecule has 0 spiro atoms. The van der Waals surface area contributed by atoms with E-state index >= 15 is 0 Å². The van der Waals surface area contributed by atoms with E-state index in [-0.39, 0.29) is 23.9 Å². The van der Waals surface area contributed by atoms with Crippen LogP contribution in [0.2, 0.25) is 0 Å². The molecule has 0 aliphatic heterocycles. The highest BCUT2D eigenvalue weighted by atomic mass is 32.1. The van der Waals surface area contributed by atoms with Crippen LogP contribution in [0.15, 0.2) is 60.7 Å². The van der Waals surface area contributed by atoms with Crippen molar-refractivity contribution < 1.29 is 28.6 Å². The Balaban J connectivity index is 1.56. The van der Waals surface area contributed by atoms with Crippen LogP contribution in [0.5, 0.6) is 11.5 Å². The minimum atomic E-state index is -0.638. The summed E-state index contributed by atoms with van der Waals surface area (Å²) >= 11 is 1.25. The highest BCUT2D eigenvalue weighted by Crippen LogP contribution is 2.29. The first kappa shape index (κ1) is 23.0. The summed E-state index contributed by atoms with van der Waals surface area (Å²) in [7, 11) is 1.48. The van der Waals surface area contributed by atoms with Gasteiger partial charge in [0.25, 0.3) is 0 Å². The molecule has 1 heterocycles. The number of benzene rings is 2. The summed E-state index contributed by atoms with van der Waals surface area (Å²) in [6.07, 6.45) is 0. The molecule has 1 N–H and O–H groups in total. The molecule has 0 aliphatic carbocycles. The number of amides is 1. The number of Topliss-reactive ketones (excluding diaryl/α,β-unsaturated/α-hetero) is 1. The molecule has 7 nitrogen and oxygen atoms in total. The van der Waals surface area contributed by atoms with Crippen molar-refractivity contribution in [3.05, 3.63) is 81.5 Å². The molecule has 0 saturated heterocycles. The molecule has 3 rings (SSSR count). The number of esters is 1. The Bertz CT molecular complexity index is 1090. The molecule has 3 aromatic rings. The number of carbonyl (C=O) groups is 3. The standard InChI is InChI=1S/C24H23NO6S/c1-16(26)25-13-19-9-11-23(32-19)20(27)15-31-24(28)18-8-10-21(22(12-18)29-2)30-14-17-6-4-3-5-7-17/h3-12H,13-15H2,1-2H3,(H,25,26). The van der Waals surface area contributed by atoms with Crippen LogP contribution >= 0.6 is 11.3 Å². The van der Waals surface area contributed by atoms with Gasteiger partial charge in [0.2, 0.25) is 11.7 Å². The van der Waals surface area contributed by atoms with Gasteiger partial charge < -0.3 is 19.5 Å². The van der Waals surface area contributed by atoms with E-state index < -0.39 is 5.97 Å². The number of carbonyl (C=O) groups excluding carboxylic acids is 3. The molecular weight excluding hydrogens is 430 g/mol. The first-order chi connectivity index (χ1) is 15.5. The molecule has 32 heavy (non-hydrogen) atoms. The van der Waals surface area contributed by atoms with Crippen molar-refractivity contribution in [1.29, 1.82) is 0 Å². The monoisotopic (exact) mass is 453 g/mol. The summed E-state index contributed by atoms with van der Waals surface area (Å²) in [4.78, 5) is 37.0. The van der Waals surface area contributed by atoms with E-state index in [1.807, 2.05) is 30.3 Å². The SMILES string of the molecule is COc1cc(C(=O)OCC(=O)c2ccc(CNC(C)=O)s2)ccc1OCc1ccccc1. The second kappa shape index (κ2) is 11.1. The van der Waals surface area contributed by atoms with E-state index in [4.69, 9.17) is 14.2 Å². The summed E-state index contributed by atoms with van der Waals surface area (Å²) < 4.78 is 16.3. The summed E-state index contributed by atoms with van der Waals surface area (Å²) in [6, 6.07) is 17.8. The van der Waals surface area contributed by atoms with Crippen molar-refractivity contribution in [2.45, 2.75) is 20.1 Å². The van der Waals surface area contributed by atoms with Crippen LogP contribution in [0.1, 0.15) is 37.4 Å². The number of nitrogens with one attached hydrogen (secondary N) is 1. The van der Waals surface area contributed by atoms with Crippen molar-refractivity contribution >= 4 is 29.0 Å². The van der Waals surface area contributed by atoms with Crippen LogP contribution in [-0.4, -0.2) is 31.4 Å². The van der Waals surface area contributed by atoms with Crippen LogP contribution in [-0.2, 0) is 22.7 Å². The lowest BCUT2D eigenvalue weighted by molar-refractivity contribution is -0.119. The van der Waals surface area contributed by atoms with Crippen LogP contribution in [0.4, 0.5) is 0 Å². The first-order valence-corrected chi connectivity index (χ1v) is 10.7. The molecule has 0 aliphatic rings. The Morgan fingerprint density at radius 2 is 1.75 bits per heavy atom. The van der Waals surface area contributed by atoms with Crippen LogP contribution in [0.25, 0.3) is 0 Å². The van der Waals surface area contributed by atoms with Gasteiger partial charge in [0.15, 0.2) is 18.1 Å². The van der Waals surface area contributed by atoms with Crippen LogP contribution in [0.3, 0.4) is 0 Å². The molecule has 0 radical (unpaired) electrons. The maximum absolute atomic E-state index is 12.4. The van der Waals surface area contributed by atoms with Crippen molar-refractivity contribution in [3.8, 4) is 11.5 Å². The zero-order chi connectivity index (χ0) is 22.9. The number of ketones is 1. The van der Waals surface area contributed by atoms with Gasteiger partial charge >= 0.3 is 5.97 Å². The summed E-state index contributed by atoms with van der Waals surface area (Å²) in [5.41, 5.74) is 1.25. The minimum Gasteiger partial charge on any atom is -0.493 e. The van der Waals surface area contributed by atoms with Crippen molar-refractivity contribution in [1.82, 2.24) is 5.32 Å². The van der Waals surface area contributed by atoms with Gasteiger partial charge in [0.1, 0.15) is 6.61 Å². The Labute approximate surface area is 189 Å². The number of methoxy groups -OCH3 is 1. The molecule has 166 valence electrons. The van der Waals surface area contributed by atoms with Gasteiger partial charge in [0.05, 0.1) is 24.1 Å². The summed E-state index contributed by atoms with van der Waals surface area (Å²) in [6.45, 7) is 1.76. The Morgan fingerprint density at radius 1 is 0.969 bits per heavy atom. The molecular formula is C24H23NO6S. The Hall–Kier alpha value is -3.65. The molecule has 2 aromatic carbocycles. The van der Waals surface area contributed by atoms with E-state index in [9.17, 15) is 14.4 Å². The molecule has 0 saturated carbocycles. The molecule has 0 fully saturated rings. The molecule has 0 atom stereocenters.